The number of hydrogen-bond donors (Lipinski definition) is 0. The van der Waals surface area contributed by atoms with E-state index in [0.29, 0.717) is 0 Å². The predicted molar refractivity (Wildman–Crippen MR) is 145 cm³/mol. The Morgan fingerprint density at radius 2 is 1.18 bits per heavy atom. The lowest BCUT2D eigenvalue weighted by atomic mass is 9.83. The van der Waals surface area contributed by atoms with Crippen LogP contribution in [0.2, 0.25) is 0 Å². The molecule has 0 saturated carbocycles. The number of benzene rings is 5. The number of aryl methyl sites for hydroxylation is 3. The Hall–Kier alpha value is -3.15. The number of hydrogen-bond acceptors (Lipinski definition) is 1. The molecule has 0 N–H and O–H groups in total. The van der Waals surface area contributed by atoms with Crippen LogP contribution in [0.1, 0.15) is 16.7 Å². The fraction of sp³-hybridized carbons (Fsp3) is 0.161. The summed E-state index contributed by atoms with van der Waals surface area (Å²) in [6.07, 6.45) is 0.817. The van der Waals surface area contributed by atoms with Crippen LogP contribution in [0.4, 0.5) is 0 Å². The van der Waals surface area contributed by atoms with Crippen LogP contribution < -0.4 is 10.0 Å². The van der Waals surface area contributed by atoms with Crippen molar-refractivity contribution in [2.75, 3.05) is 13.0 Å². The molecule has 0 radical (unpaired) electrons. The fourth-order valence-corrected chi connectivity index (χ4v) is 7.30. The first-order valence-electron chi connectivity index (χ1n) is 11.5. The van der Waals surface area contributed by atoms with Crippen molar-refractivity contribution in [3.63, 3.8) is 0 Å². The molecule has 162 valence electrons. The highest BCUT2D eigenvalue weighted by Gasteiger charge is 2.26. The Balaban J connectivity index is 1.82. The molecule has 0 amide bonds. The second-order valence-electron chi connectivity index (χ2n) is 9.24. The van der Waals surface area contributed by atoms with Gasteiger partial charge in [0.15, 0.2) is 0 Å². The molecule has 5 aromatic rings. The Bertz CT molecular complexity index is 1480. The smallest absolute Gasteiger partial charge is 0.128 e. The van der Waals surface area contributed by atoms with Crippen LogP contribution in [0, 0.1) is 20.8 Å². The zero-order chi connectivity index (χ0) is 22.7. The van der Waals surface area contributed by atoms with Gasteiger partial charge in [0.2, 0.25) is 0 Å². The number of rotatable bonds is 2. The van der Waals surface area contributed by atoms with Crippen LogP contribution in [-0.4, -0.2) is 13.0 Å². The first-order valence-corrected chi connectivity index (χ1v) is 13.5. The SMILES string of the molecule is Cc1cc(C)c(-c2c3ccccc3c(-c3cccc4c3[P@@](C)CO4)c3ccccc23)c(C)c1. The normalized spacial score (nSPS) is 15.1. The average molecular weight is 447 g/mol. The van der Waals surface area contributed by atoms with Crippen molar-refractivity contribution in [2.45, 2.75) is 20.8 Å². The van der Waals surface area contributed by atoms with E-state index in [4.69, 9.17) is 4.74 Å². The molecule has 0 spiro atoms. The largest absolute Gasteiger partial charge is 0.488 e. The lowest BCUT2D eigenvalue weighted by molar-refractivity contribution is 0.402. The Morgan fingerprint density at radius 3 is 1.76 bits per heavy atom. The van der Waals surface area contributed by atoms with E-state index in [9.17, 15) is 0 Å². The standard InChI is InChI=1S/C31H27OP/c1-19-16-20(2)28(21(3)17-19)30-24-12-7-5-10-22(24)29(23-11-6-8-13-25(23)30)26-14-9-15-27-31(26)33(4)18-32-27/h5-17H,18H2,1-4H3/t33-/m0/s1. The van der Waals surface area contributed by atoms with Crippen molar-refractivity contribution >= 4 is 34.8 Å². The van der Waals surface area contributed by atoms with Crippen molar-refractivity contribution in [3.05, 3.63) is 95.6 Å². The summed E-state index contributed by atoms with van der Waals surface area (Å²) in [5.74, 6) is 1.06. The van der Waals surface area contributed by atoms with Crippen LogP contribution in [0.15, 0.2) is 78.9 Å². The summed E-state index contributed by atoms with van der Waals surface area (Å²) in [6.45, 7) is 9.02. The molecule has 33 heavy (non-hydrogen) atoms. The molecule has 6 rings (SSSR count). The topological polar surface area (TPSA) is 9.23 Å². The lowest BCUT2D eigenvalue weighted by Gasteiger charge is -2.21. The van der Waals surface area contributed by atoms with Gasteiger partial charge in [0.05, 0.1) is 0 Å². The quantitative estimate of drug-likeness (QED) is 0.196. The molecule has 1 atom stereocenters. The maximum absolute atomic E-state index is 6.06. The van der Waals surface area contributed by atoms with Gasteiger partial charge in [-0.3, -0.25) is 0 Å². The van der Waals surface area contributed by atoms with Gasteiger partial charge < -0.3 is 4.74 Å². The van der Waals surface area contributed by atoms with Crippen molar-refractivity contribution in [3.8, 4) is 28.0 Å². The van der Waals surface area contributed by atoms with Crippen molar-refractivity contribution < 1.29 is 4.74 Å². The van der Waals surface area contributed by atoms with Gasteiger partial charge in [-0.15, -0.1) is 0 Å². The monoisotopic (exact) mass is 446 g/mol. The molecule has 1 heterocycles. The summed E-state index contributed by atoms with van der Waals surface area (Å²) in [6, 6.07) is 29.1. The van der Waals surface area contributed by atoms with Crippen molar-refractivity contribution in [1.82, 2.24) is 0 Å². The third kappa shape index (κ3) is 3.10. The van der Waals surface area contributed by atoms with Gasteiger partial charge in [0.25, 0.3) is 0 Å². The molecule has 1 aliphatic heterocycles. The maximum Gasteiger partial charge on any atom is 0.128 e. The van der Waals surface area contributed by atoms with Crippen LogP contribution in [-0.2, 0) is 0 Å². The Kier molecular flexibility index (Phi) is 4.78. The molecular formula is C31H27OP. The first kappa shape index (κ1) is 20.5. The Labute approximate surface area is 196 Å². The zero-order valence-corrected chi connectivity index (χ0v) is 20.5. The third-order valence-electron chi connectivity index (χ3n) is 6.92. The molecular weight excluding hydrogens is 419 g/mol. The summed E-state index contributed by atoms with van der Waals surface area (Å²) in [5.41, 5.74) is 9.36. The molecule has 1 nitrogen and oxygen atoms in total. The minimum absolute atomic E-state index is 0.324. The number of ether oxygens (including phenoxy) is 1. The van der Waals surface area contributed by atoms with Crippen LogP contribution >= 0.6 is 7.92 Å². The molecule has 1 aliphatic rings. The van der Waals surface area contributed by atoms with E-state index in [0.717, 1.165) is 12.1 Å². The van der Waals surface area contributed by atoms with Gasteiger partial charge in [-0.25, -0.2) is 0 Å². The first-order chi connectivity index (χ1) is 16.0. The minimum atomic E-state index is -0.324. The van der Waals surface area contributed by atoms with Crippen LogP contribution in [0.5, 0.6) is 5.75 Å². The van der Waals surface area contributed by atoms with Gasteiger partial charge >= 0.3 is 0 Å². The second kappa shape index (κ2) is 7.72. The molecule has 0 fully saturated rings. The van der Waals surface area contributed by atoms with E-state index >= 15 is 0 Å². The van der Waals surface area contributed by atoms with E-state index < -0.39 is 0 Å². The minimum Gasteiger partial charge on any atom is -0.488 e. The highest BCUT2D eigenvalue weighted by Crippen LogP contribution is 2.49. The summed E-state index contributed by atoms with van der Waals surface area (Å²) >= 11 is 0. The second-order valence-corrected chi connectivity index (χ2v) is 11.3. The number of fused-ring (bicyclic) bond motifs is 3. The van der Waals surface area contributed by atoms with Gasteiger partial charge in [-0.1, -0.05) is 78.4 Å². The lowest BCUT2D eigenvalue weighted by Crippen LogP contribution is -2.03. The average Bonchev–Trinajstić information content (AvgIpc) is 3.19. The van der Waals surface area contributed by atoms with E-state index in [1.165, 1.54) is 65.8 Å². The van der Waals surface area contributed by atoms with Gasteiger partial charge in [0, 0.05) is 5.30 Å². The summed E-state index contributed by atoms with van der Waals surface area (Å²) in [5, 5.41) is 6.67. The van der Waals surface area contributed by atoms with E-state index in [1.54, 1.807) is 0 Å². The summed E-state index contributed by atoms with van der Waals surface area (Å²) in [7, 11) is -0.324. The maximum atomic E-state index is 6.06. The van der Waals surface area contributed by atoms with Crippen molar-refractivity contribution in [1.29, 1.82) is 0 Å². The third-order valence-corrected chi connectivity index (χ3v) is 8.66. The van der Waals surface area contributed by atoms with Crippen LogP contribution in [0.3, 0.4) is 0 Å². The van der Waals surface area contributed by atoms with E-state index in [1.807, 2.05) is 0 Å². The predicted octanol–water partition coefficient (Wildman–Crippen LogP) is 8.34. The molecule has 5 aromatic carbocycles. The van der Waals surface area contributed by atoms with Gasteiger partial charge in [-0.05, 0) is 96.3 Å². The van der Waals surface area contributed by atoms with Crippen LogP contribution in [0.25, 0.3) is 43.8 Å². The highest BCUT2D eigenvalue weighted by molar-refractivity contribution is 7.65. The fourth-order valence-electron chi connectivity index (χ4n) is 5.73. The molecule has 0 bridgehead atoms. The Morgan fingerprint density at radius 1 is 0.636 bits per heavy atom. The highest BCUT2D eigenvalue weighted by atomic mass is 31.1. The van der Waals surface area contributed by atoms with Crippen molar-refractivity contribution in [2.24, 2.45) is 0 Å². The molecule has 0 unspecified atom stereocenters. The summed E-state index contributed by atoms with van der Waals surface area (Å²) in [4.78, 5) is 0. The molecule has 2 heteroatoms. The van der Waals surface area contributed by atoms with Gasteiger partial charge in [-0.2, -0.15) is 0 Å². The molecule has 0 aliphatic carbocycles. The van der Waals surface area contributed by atoms with E-state index in [-0.39, 0.29) is 7.92 Å². The molecule has 0 aromatic heterocycles. The van der Waals surface area contributed by atoms with Gasteiger partial charge in [0.1, 0.15) is 12.1 Å². The zero-order valence-electron chi connectivity index (χ0n) is 19.6. The summed E-state index contributed by atoms with van der Waals surface area (Å²) < 4.78 is 6.06. The molecule has 0 saturated heterocycles. The van der Waals surface area contributed by atoms with E-state index in [2.05, 4.69) is 106 Å².